The molecule has 0 amide bonds. The minimum absolute atomic E-state index is 0.220. The molecule has 3 nitrogen and oxygen atoms in total. The van der Waals surface area contributed by atoms with Crippen molar-refractivity contribution in [1.29, 1.82) is 0 Å². The summed E-state index contributed by atoms with van der Waals surface area (Å²) in [6.07, 6.45) is 0.0516. The van der Waals surface area contributed by atoms with E-state index in [9.17, 15) is 14.6 Å². The maximum atomic E-state index is 13.2. The maximum Gasteiger partial charge on any atom is 0.165 e. The van der Waals surface area contributed by atoms with Gasteiger partial charge in [0.1, 0.15) is 0 Å². The summed E-state index contributed by atoms with van der Waals surface area (Å²) in [5.41, 5.74) is 6.26. The van der Waals surface area contributed by atoms with E-state index in [0.717, 1.165) is 5.56 Å². The van der Waals surface area contributed by atoms with Crippen LogP contribution in [0.1, 0.15) is 30.6 Å². The lowest BCUT2D eigenvalue weighted by Gasteiger charge is -2.13. The van der Waals surface area contributed by atoms with Gasteiger partial charge >= 0.3 is 0 Å². The van der Waals surface area contributed by atoms with Crippen LogP contribution in [0.5, 0.6) is 5.75 Å². The zero-order valence-electron chi connectivity index (χ0n) is 8.70. The normalized spacial score (nSPS) is 12.8. The number of nitrogens with two attached hydrogens (primary N) is 1. The number of phenolic OH excluding ortho intramolecular Hbond substituents is 1. The number of aryl methyl sites for hydroxylation is 1. The molecule has 0 aliphatic carbocycles. The zero-order valence-corrected chi connectivity index (χ0v) is 8.70. The maximum absolute atomic E-state index is 13.2. The lowest BCUT2D eigenvalue weighted by atomic mass is 10.0. The quantitative estimate of drug-likeness (QED) is 0.709. The average molecular weight is 213 g/mol. The highest BCUT2D eigenvalue weighted by atomic mass is 19.1. The van der Waals surface area contributed by atoms with Crippen LogP contribution in [-0.2, 0) is 6.42 Å². The van der Waals surface area contributed by atoms with E-state index in [4.69, 9.17) is 5.73 Å². The number of hydrogen-bond acceptors (Lipinski definition) is 3. The number of aromatic hydroxyl groups is 1. The van der Waals surface area contributed by atoms with E-state index < -0.39 is 17.7 Å². The number of rotatable bonds is 4. The predicted molar refractivity (Wildman–Crippen MR) is 56.1 cm³/mol. The number of benzene rings is 1. The molecule has 0 aliphatic heterocycles. The van der Waals surface area contributed by atoms with Gasteiger partial charge < -0.3 is 15.9 Å². The van der Waals surface area contributed by atoms with E-state index in [0.29, 0.717) is 19.4 Å². The average Bonchev–Trinajstić information content (AvgIpc) is 2.22. The van der Waals surface area contributed by atoms with Gasteiger partial charge in [0, 0.05) is 5.56 Å². The number of phenols is 1. The van der Waals surface area contributed by atoms with Crippen LogP contribution in [0.4, 0.5) is 4.39 Å². The molecule has 1 atom stereocenters. The molecule has 4 heteroatoms. The molecule has 1 aromatic rings. The van der Waals surface area contributed by atoms with Crippen molar-refractivity contribution < 1.29 is 14.6 Å². The van der Waals surface area contributed by atoms with Crippen molar-refractivity contribution in [2.75, 3.05) is 6.54 Å². The third-order valence-electron chi connectivity index (χ3n) is 2.36. The Balaban J connectivity index is 3.09. The van der Waals surface area contributed by atoms with Crippen LogP contribution in [-0.4, -0.2) is 16.8 Å². The van der Waals surface area contributed by atoms with E-state index in [1.54, 1.807) is 6.07 Å². The molecule has 15 heavy (non-hydrogen) atoms. The van der Waals surface area contributed by atoms with Gasteiger partial charge in [0.15, 0.2) is 11.6 Å². The molecule has 1 unspecified atom stereocenters. The Hall–Kier alpha value is -1.13. The highest BCUT2D eigenvalue weighted by Crippen LogP contribution is 2.30. The molecule has 1 aromatic carbocycles. The van der Waals surface area contributed by atoms with Gasteiger partial charge in [-0.3, -0.25) is 0 Å². The molecule has 0 spiro atoms. The van der Waals surface area contributed by atoms with Crippen LogP contribution in [0.25, 0.3) is 0 Å². The number of halogens is 1. The fourth-order valence-corrected chi connectivity index (χ4v) is 1.45. The first kappa shape index (κ1) is 11.9. The fraction of sp³-hybridized carbons (Fsp3) is 0.455. The fourth-order valence-electron chi connectivity index (χ4n) is 1.45. The highest BCUT2D eigenvalue weighted by Gasteiger charge is 2.15. The van der Waals surface area contributed by atoms with Crippen LogP contribution >= 0.6 is 0 Å². The summed E-state index contributed by atoms with van der Waals surface area (Å²) in [4.78, 5) is 0. The molecule has 0 saturated carbocycles. The predicted octanol–water partition coefficient (Wildman–Crippen LogP) is 1.48. The number of hydrogen-bond donors (Lipinski definition) is 3. The van der Waals surface area contributed by atoms with E-state index in [-0.39, 0.29) is 5.56 Å². The summed E-state index contributed by atoms with van der Waals surface area (Å²) in [5.74, 6) is -1.17. The van der Waals surface area contributed by atoms with Crippen LogP contribution in [0, 0.1) is 5.82 Å². The second kappa shape index (κ2) is 5.09. The van der Waals surface area contributed by atoms with Gasteiger partial charge in [-0.1, -0.05) is 6.92 Å². The highest BCUT2D eigenvalue weighted by molar-refractivity contribution is 5.39. The Morgan fingerprint density at radius 1 is 1.47 bits per heavy atom. The molecule has 0 aromatic heterocycles. The lowest BCUT2D eigenvalue weighted by molar-refractivity contribution is 0.165. The largest absolute Gasteiger partial charge is 0.505 e. The Bertz CT molecular complexity index is 342. The van der Waals surface area contributed by atoms with Gasteiger partial charge in [-0.2, -0.15) is 0 Å². The lowest BCUT2D eigenvalue weighted by Crippen LogP contribution is -2.07. The molecule has 0 bridgehead atoms. The molecular weight excluding hydrogens is 197 g/mol. The molecule has 0 radical (unpaired) electrons. The monoisotopic (exact) mass is 213 g/mol. The molecule has 0 saturated heterocycles. The molecule has 0 heterocycles. The summed E-state index contributed by atoms with van der Waals surface area (Å²) in [6.45, 7) is 2.17. The van der Waals surface area contributed by atoms with Gasteiger partial charge in [-0.05, 0) is 37.1 Å². The Morgan fingerprint density at radius 3 is 2.67 bits per heavy atom. The smallest absolute Gasteiger partial charge is 0.165 e. The molecule has 0 aliphatic rings. The minimum atomic E-state index is -0.906. The van der Waals surface area contributed by atoms with Gasteiger partial charge in [0.25, 0.3) is 0 Å². The summed E-state index contributed by atoms with van der Waals surface area (Å²) in [7, 11) is 0. The van der Waals surface area contributed by atoms with Crippen LogP contribution in [0.3, 0.4) is 0 Å². The second-order valence-corrected chi connectivity index (χ2v) is 3.46. The van der Waals surface area contributed by atoms with Crippen molar-refractivity contribution >= 4 is 0 Å². The first-order valence-corrected chi connectivity index (χ1v) is 4.99. The summed E-state index contributed by atoms with van der Waals surface area (Å²) < 4.78 is 13.2. The first-order valence-electron chi connectivity index (χ1n) is 4.99. The third kappa shape index (κ3) is 2.67. The molecule has 1 rings (SSSR count). The SMILES string of the molecule is CCc1cc(F)c(O)c(C(O)CCN)c1. The van der Waals surface area contributed by atoms with Crippen molar-refractivity contribution in [1.82, 2.24) is 0 Å². The van der Waals surface area contributed by atoms with E-state index in [1.807, 2.05) is 6.92 Å². The molecular formula is C11H16FNO2. The van der Waals surface area contributed by atoms with Crippen LogP contribution in [0.2, 0.25) is 0 Å². The molecule has 0 fully saturated rings. The number of aliphatic hydroxyl groups is 1. The van der Waals surface area contributed by atoms with Gasteiger partial charge in [-0.15, -0.1) is 0 Å². The summed E-state index contributed by atoms with van der Waals surface area (Å²) in [6, 6.07) is 2.88. The Morgan fingerprint density at radius 2 is 2.13 bits per heavy atom. The minimum Gasteiger partial charge on any atom is -0.505 e. The molecule has 4 N–H and O–H groups in total. The second-order valence-electron chi connectivity index (χ2n) is 3.46. The molecule has 84 valence electrons. The van der Waals surface area contributed by atoms with E-state index >= 15 is 0 Å². The van der Waals surface area contributed by atoms with Gasteiger partial charge in [0.2, 0.25) is 0 Å². The summed E-state index contributed by atoms with van der Waals surface area (Å²) in [5, 5.41) is 19.1. The van der Waals surface area contributed by atoms with Crippen molar-refractivity contribution in [3.05, 3.63) is 29.1 Å². The van der Waals surface area contributed by atoms with Crippen molar-refractivity contribution in [2.45, 2.75) is 25.9 Å². The number of aliphatic hydroxyl groups excluding tert-OH is 1. The topological polar surface area (TPSA) is 66.5 Å². The van der Waals surface area contributed by atoms with E-state index in [1.165, 1.54) is 6.07 Å². The van der Waals surface area contributed by atoms with E-state index in [2.05, 4.69) is 0 Å². The first-order chi connectivity index (χ1) is 7.10. The Kier molecular flexibility index (Phi) is 4.05. The van der Waals surface area contributed by atoms with Crippen LogP contribution in [0.15, 0.2) is 12.1 Å². The third-order valence-corrected chi connectivity index (χ3v) is 2.36. The van der Waals surface area contributed by atoms with Crippen molar-refractivity contribution in [2.24, 2.45) is 5.73 Å². The standard InChI is InChI=1S/C11H16FNO2/c1-2-7-5-8(10(14)3-4-13)11(15)9(12)6-7/h5-6,10,14-15H,2-4,13H2,1H3. The van der Waals surface area contributed by atoms with Crippen molar-refractivity contribution in [3.63, 3.8) is 0 Å². The zero-order chi connectivity index (χ0) is 11.4. The van der Waals surface area contributed by atoms with Gasteiger partial charge in [-0.25, -0.2) is 4.39 Å². The van der Waals surface area contributed by atoms with Gasteiger partial charge in [0.05, 0.1) is 6.10 Å². The van der Waals surface area contributed by atoms with Crippen molar-refractivity contribution in [3.8, 4) is 5.75 Å². The Labute approximate surface area is 88.4 Å². The summed E-state index contributed by atoms with van der Waals surface area (Å²) >= 11 is 0. The van der Waals surface area contributed by atoms with Crippen LogP contribution < -0.4 is 5.73 Å².